The fourth-order valence-corrected chi connectivity index (χ4v) is 4.63. The molecule has 1 fully saturated rings. The van der Waals surface area contributed by atoms with Crippen LogP contribution in [0.15, 0.2) is 24.3 Å². The van der Waals surface area contributed by atoms with Crippen molar-refractivity contribution in [3.8, 4) is 23.0 Å². The third-order valence-corrected chi connectivity index (χ3v) is 6.73. The highest BCUT2D eigenvalue weighted by molar-refractivity contribution is 5.79. The molecule has 5 heteroatoms. The number of esters is 1. The highest BCUT2D eigenvalue weighted by Gasteiger charge is 2.38. The largest absolute Gasteiger partial charge is 0.493 e. The molecule has 0 saturated heterocycles. The maximum Gasteiger partial charge on any atom is 0.308 e. The lowest BCUT2D eigenvalue weighted by molar-refractivity contribution is -0.132. The van der Waals surface area contributed by atoms with Crippen LogP contribution in [0.5, 0.6) is 23.0 Å². The van der Waals surface area contributed by atoms with Crippen molar-refractivity contribution >= 4 is 12.0 Å². The summed E-state index contributed by atoms with van der Waals surface area (Å²) in [5.41, 5.74) is 1.65. The van der Waals surface area contributed by atoms with Crippen LogP contribution in [0.2, 0.25) is 0 Å². The molecule has 0 radical (unpaired) electrons. The van der Waals surface area contributed by atoms with Gasteiger partial charge in [-0.1, -0.05) is 32.4 Å². The van der Waals surface area contributed by atoms with Crippen molar-refractivity contribution in [2.45, 2.75) is 65.4 Å². The Balaban J connectivity index is 1.89. The minimum atomic E-state index is -0.494. The third kappa shape index (κ3) is 4.21. The number of carbonyl (C=O) groups excluding carboxylic acids is 1. The fraction of sp³-hybridized carbons (Fsp3) is 0.560. The van der Waals surface area contributed by atoms with E-state index >= 15 is 0 Å². The molecule has 0 bridgehead atoms. The van der Waals surface area contributed by atoms with E-state index in [1.54, 1.807) is 13.2 Å². The Morgan fingerprint density at radius 3 is 2.57 bits per heavy atom. The first kappa shape index (κ1) is 22.3. The molecule has 0 spiro atoms. The van der Waals surface area contributed by atoms with E-state index < -0.39 is 11.6 Å². The molecule has 1 aliphatic carbocycles. The predicted octanol–water partition coefficient (Wildman–Crippen LogP) is 5.96. The van der Waals surface area contributed by atoms with Gasteiger partial charge < -0.3 is 18.9 Å². The maximum atomic E-state index is 11.6. The molecule has 1 saturated carbocycles. The van der Waals surface area contributed by atoms with Gasteiger partial charge in [0.25, 0.3) is 0 Å². The number of benzene rings is 1. The third-order valence-electron chi connectivity index (χ3n) is 6.73. The molecule has 5 nitrogen and oxygen atoms in total. The van der Waals surface area contributed by atoms with Gasteiger partial charge in [0, 0.05) is 13.0 Å². The van der Waals surface area contributed by atoms with Crippen LogP contribution >= 0.6 is 0 Å². The van der Waals surface area contributed by atoms with Gasteiger partial charge in [0.15, 0.2) is 23.0 Å². The van der Waals surface area contributed by atoms with Crippen molar-refractivity contribution in [1.82, 2.24) is 0 Å². The molecule has 0 amide bonds. The molecule has 30 heavy (non-hydrogen) atoms. The average Bonchev–Trinajstić information content (AvgIpc) is 2.70. The van der Waals surface area contributed by atoms with Crippen molar-refractivity contribution in [3.05, 3.63) is 29.9 Å². The Labute approximate surface area is 180 Å². The SMILES string of the molecule is C=C1[C@H](C)CCC[C@]1(C)CC[C@@]1(C)C=Cc2c(OC(C)=O)c(OC)cc(OC)c2O1. The molecule has 164 valence electrons. The van der Waals surface area contributed by atoms with Gasteiger partial charge in [0.2, 0.25) is 0 Å². The van der Waals surface area contributed by atoms with Crippen LogP contribution in [0.25, 0.3) is 6.08 Å². The summed E-state index contributed by atoms with van der Waals surface area (Å²) >= 11 is 0. The summed E-state index contributed by atoms with van der Waals surface area (Å²) in [5.74, 6) is 2.05. The smallest absolute Gasteiger partial charge is 0.308 e. The van der Waals surface area contributed by atoms with E-state index in [2.05, 4.69) is 27.4 Å². The van der Waals surface area contributed by atoms with Gasteiger partial charge in [-0.2, -0.15) is 0 Å². The zero-order chi connectivity index (χ0) is 22.1. The van der Waals surface area contributed by atoms with E-state index in [0.717, 1.165) is 12.8 Å². The lowest BCUT2D eigenvalue weighted by atomic mass is 9.65. The van der Waals surface area contributed by atoms with E-state index in [1.165, 1.54) is 38.9 Å². The molecule has 0 N–H and O–H groups in total. The first-order valence-electron chi connectivity index (χ1n) is 10.7. The van der Waals surface area contributed by atoms with E-state index in [9.17, 15) is 4.79 Å². The molecule has 2 aliphatic rings. The number of hydrogen-bond acceptors (Lipinski definition) is 5. The Morgan fingerprint density at radius 1 is 1.23 bits per heavy atom. The Kier molecular flexibility index (Phi) is 6.21. The highest BCUT2D eigenvalue weighted by atomic mass is 16.6. The van der Waals surface area contributed by atoms with Crippen LogP contribution in [0.1, 0.15) is 65.4 Å². The van der Waals surface area contributed by atoms with Crippen LogP contribution in [-0.4, -0.2) is 25.8 Å². The molecule has 1 heterocycles. The lowest BCUT2D eigenvalue weighted by Crippen LogP contribution is -2.36. The van der Waals surface area contributed by atoms with Crippen molar-refractivity contribution in [2.24, 2.45) is 11.3 Å². The second kappa shape index (κ2) is 8.37. The first-order chi connectivity index (χ1) is 14.1. The van der Waals surface area contributed by atoms with Gasteiger partial charge in [-0.3, -0.25) is 4.79 Å². The van der Waals surface area contributed by atoms with Gasteiger partial charge in [-0.05, 0) is 56.1 Å². The molecule has 1 aliphatic heterocycles. The first-order valence-corrected chi connectivity index (χ1v) is 10.7. The van der Waals surface area contributed by atoms with Crippen molar-refractivity contribution in [1.29, 1.82) is 0 Å². The monoisotopic (exact) mass is 414 g/mol. The van der Waals surface area contributed by atoms with E-state index in [0.29, 0.717) is 34.5 Å². The summed E-state index contributed by atoms with van der Waals surface area (Å²) in [6.07, 6.45) is 9.48. The number of allylic oxidation sites excluding steroid dienone is 1. The van der Waals surface area contributed by atoms with E-state index in [4.69, 9.17) is 18.9 Å². The molecule has 1 aromatic rings. The predicted molar refractivity (Wildman–Crippen MR) is 118 cm³/mol. The minimum Gasteiger partial charge on any atom is -0.493 e. The standard InChI is InChI=1S/C25H34O5/c1-16-9-8-11-24(4,17(16)2)13-14-25(5)12-10-19-22(29-18(3)26)20(27-6)15-21(28-7)23(19)30-25/h10,12,15-16H,2,8-9,11,13-14H2,1,3-7H3/t16-,24-,25-/m1/s1. The number of methoxy groups -OCH3 is 2. The summed E-state index contributed by atoms with van der Waals surface area (Å²) in [4.78, 5) is 11.6. The summed E-state index contributed by atoms with van der Waals surface area (Å²) in [7, 11) is 3.12. The number of carbonyl (C=O) groups is 1. The Bertz CT molecular complexity index is 871. The normalized spacial score (nSPS) is 27.8. The number of fused-ring (bicyclic) bond motifs is 1. The van der Waals surface area contributed by atoms with Gasteiger partial charge in [0.05, 0.1) is 19.8 Å². The van der Waals surface area contributed by atoms with Crippen molar-refractivity contribution in [2.75, 3.05) is 14.2 Å². The summed E-state index contributed by atoms with van der Waals surface area (Å²) in [6.45, 7) is 12.5. The number of hydrogen-bond donors (Lipinski definition) is 0. The molecule has 1 aromatic carbocycles. The molecular formula is C25H34O5. The van der Waals surface area contributed by atoms with Crippen LogP contribution in [0.3, 0.4) is 0 Å². The van der Waals surface area contributed by atoms with Gasteiger partial charge in [0.1, 0.15) is 5.60 Å². The highest BCUT2D eigenvalue weighted by Crippen LogP contribution is 2.51. The minimum absolute atomic E-state index is 0.130. The zero-order valence-electron chi connectivity index (χ0n) is 19.1. The van der Waals surface area contributed by atoms with Crippen molar-refractivity contribution < 1.29 is 23.7 Å². The van der Waals surface area contributed by atoms with Gasteiger partial charge in [-0.25, -0.2) is 0 Å². The van der Waals surface area contributed by atoms with E-state index in [1.807, 2.05) is 12.2 Å². The van der Waals surface area contributed by atoms with Crippen LogP contribution in [0, 0.1) is 11.3 Å². The van der Waals surface area contributed by atoms with E-state index in [-0.39, 0.29) is 5.41 Å². The second-order valence-electron chi connectivity index (χ2n) is 9.07. The summed E-state index contributed by atoms with van der Waals surface area (Å²) in [5, 5.41) is 0. The Morgan fingerprint density at radius 2 is 1.93 bits per heavy atom. The lowest BCUT2D eigenvalue weighted by Gasteiger charge is -2.42. The second-order valence-corrected chi connectivity index (χ2v) is 9.07. The summed E-state index contributed by atoms with van der Waals surface area (Å²) in [6, 6.07) is 1.70. The van der Waals surface area contributed by atoms with Crippen LogP contribution in [-0.2, 0) is 4.79 Å². The number of ether oxygens (including phenoxy) is 4. The molecule has 3 atom stereocenters. The van der Waals surface area contributed by atoms with Gasteiger partial charge >= 0.3 is 5.97 Å². The molecule has 0 aromatic heterocycles. The quantitative estimate of drug-likeness (QED) is 0.327. The summed E-state index contributed by atoms with van der Waals surface area (Å²) < 4.78 is 22.9. The topological polar surface area (TPSA) is 54.0 Å². The fourth-order valence-electron chi connectivity index (χ4n) is 4.63. The van der Waals surface area contributed by atoms with Gasteiger partial charge in [-0.15, -0.1) is 0 Å². The molecule has 3 rings (SSSR count). The molecular weight excluding hydrogens is 380 g/mol. The maximum absolute atomic E-state index is 11.6. The number of rotatable bonds is 6. The Hall–Kier alpha value is -2.43. The van der Waals surface area contributed by atoms with Crippen LogP contribution in [0.4, 0.5) is 0 Å². The van der Waals surface area contributed by atoms with Crippen molar-refractivity contribution in [3.63, 3.8) is 0 Å². The van der Waals surface area contributed by atoms with Crippen LogP contribution < -0.4 is 18.9 Å². The zero-order valence-corrected chi connectivity index (χ0v) is 19.1. The molecule has 0 unspecified atom stereocenters. The average molecular weight is 415 g/mol.